The molecule has 0 spiro atoms. The van der Waals surface area contributed by atoms with E-state index >= 15 is 0 Å². The number of nitrogens with two attached hydrogens (primary N) is 1. The summed E-state index contributed by atoms with van der Waals surface area (Å²) in [4.78, 5) is 45.2. The number of nitrogens with one attached hydrogen (secondary N) is 2. The molecule has 1 unspecified atom stereocenters. The normalized spacial score (nSPS) is 12.6. The molecule has 5 rings (SSSR count). The van der Waals surface area contributed by atoms with E-state index in [1.54, 1.807) is 30.7 Å². The monoisotopic (exact) mass is 692 g/mol. The van der Waals surface area contributed by atoms with Crippen molar-refractivity contribution in [1.82, 2.24) is 29.6 Å². The average Bonchev–Trinajstić information content (AvgIpc) is 3.48. The number of aryl methyl sites for hydroxylation is 1. The Morgan fingerprint density at radius 2 is 1.88 bits per heavy atom. The minimum absolute atomic E-state index is 0.114. The summed E-state index contributed by atoms with van der Waals surface area (Å²) in [6, 6.07) is 15.7. The van der Waals surface area contributed by atoms with E-state index in [9.17, 15) is 18.0 Å². The van der Waals surface area contributed by atoms with Crippen LogP contribution in [0.1, 0.15) is 57.2 Å². The van der Waals surface area contributed by atoms with Gasteiger partial charge in [0.2, 0.25) is 10.0 Å². The molecule has 12 nitrogen and oxygen atoms in total. The highest BCUT2D eigenvalue weighted by atomic mass is 32.2. The van der Waals surface area contributed by atoms with Gasteiger partial charge in [0, 0.05) is 16.9 Å². The number of carbonyl (C=O) groups excluding carboxylic acids is 1. The molecule has 0 bridgehead atoms. The van der Waals surface area contributed by atoms with E-state index in [0.717, 1.165) is 16.1 Å². The van der Waals surface area contributed by atoms with Gasteiger partial charge in [-0.2, -0.15) is 0 Å². The first kappa shape index (κ1) is 34.4. The van der Waals surface area contributed by atoms with Gasteiger partial charge in [-0.1, -0.05) is 36.3 Å². The number of thiazole rings is 1. The van der Waals surface area contributed by atoms with Gasteiger partial charge in [-0.15, -0.1) is 11.3 Å². The lowest BCUT2D eigenvalue weighted by Gasteiger charge is -2.21. The number of benzene rings is 2. The zero-order valence-electron chi connectivity index (χ0n) is 27.1. The molecule has 49 heavy (non-hydrogen) atoms. The first-order valence-electron chi connectivity index (χ1n) is 14.8. The Morgan fingerprint density at radius 1 is 1.12 bits per heavy atom. The van der Waals surface area contributed by atoms with Crippen LogP contribution in [-0.4, -0.2) is 46.8 Å². The van der Waals surface area contributed by atoms with Crippen LogP contribution in [0.4, 0.5) is 5.82 Å². The van der Waals surface area contributed by atoms with E-state index in [2.05, 4.69) is 48.5 Å². The van der Waals surface area contributed by atoms with E-state index in [1.807, 2.05) is 55.5 Å². The molecule has 1 amide bonds. The molecule has 0 radical (unpaired) electrons. The van der Waals surface area contributed by atoms with Gasteiger partial charge in [0.05, 0.1) is 57.6 Å². The van der Waals surface area contributed by atoms with Crippen LogP contribution >= 0.6 is 11.3 Å². The quantitative estimate of drug-likeness (QED) is 0.115. The highest BCUT2D eigenvalue weighted by Crippen LogP contribution is 2.24. The molecule has 1 atom stereocenters. The first-order chi connectivity index (χ1) is 23.3. The lowest BCUT2D eigenvalue weighted by molar-refractivity contribution is 0.0934. The predicted molar refractivity (Wildman–Crippen MR) is 194 cm³/mol. The summed E-state index contributed by atoms with van der Waals surface area (Å²) in [5.74, 6) is 5.52. The standard InChI is InChI=1S/C35H32N8O4S2/c1-21(16-26(18-37-4)42-49(5,46)47)29-20-39-33(36)32(41-29)34(44)40-22(2)30-17-25-11-9-10-24(14-15-28-19-38-23(3)48-28)31(25)35(45)43(30)27-12-7-6-8-13-27/h6-13,16-20,22,42H,4H2,1-3,5H3,(H2,36,39)(H,40,44)/b21-16+,26-18+. The van der Waals surface area contributed by atoms with Crippen LogP contribution in [0, 0.1) is 18.8 Å². The Labute approximate surface area is 287 Å². The Hall–Kier alpha value is -5.91. The molecule has 0 aliphatic heterocycles. The fourth-order valence-corrected chi connectivity index (χ4v) is 6.17. The molecule has 0 fully saturated rings. The fourth-order valence-electron chi connectivity index (χ4n) is 5.00. The van der Waals surface area contributed by atoms with Crippen LogP contribution in [0.15, 0.2) is 94.8 Å². The van der Waals surface area contributed by atoms with Crippen LogP contribution in [0.3, 0.4) is 0 Å². The van der Waals surface area contributed by atoms with E-state index in [-0.39, 0.29) is 28.5 Å². The highest BCUT2D eigenvalue weighted by molar-refractivity contribution is 7.88. The number of sulfonamides is 1. The lowest BCUT2D eigenvalue weighted by Crippen LogP contribution is -2.33. The molecule has 4 N–H and O–H groups in total. The van der Waals surface area contributed by atoms with Crippen LogP contribution in [0.5, 0.6) is 0 Å². The van der Waals surface area contributed by atoms with Gasteiger partial charge in [0.25, 0.3) is 11.5 Å². The number of anilines is 1. The summed E-state index contributed by atoms with van der Waals surface area (Å²) < 4.78 is 27.5. The van der Waals surface area contributed by atoms with Crippen molar-refractivity contribution in [1.29, 1.82) is 0 Å². The van der Waals surface area contributed by atoms with Gasteiger partial charge in [-0.05, 0) is 74.7 Å². The number of amides is 1. The second kappa shape index (κ2) is 14.5. The molecule has 3 heterocycles. The molecule has 5 aromatic rings. The zero-order valence-corrected chi connectivity index (χ0v) is 28.7. The number of hydrogen-bond donors (Lipinski definition) is 3. The number of allylic oxidation sites excluding steroid dienone is 2. The van der Waals surface area contributed by atoms with Crippen molar-refractivity contribution in [2.24, 2.45) is 4.99 Å². The fraction of sp³-hybridized carbons (Fsp3) is 0.143. The largest absolute Gasteiger partial charge is 0.382 e. The summed E-state index contributed by atoms with van der Waals surface area (Å²) in [6.07, 6.45) is 6.79. The highest BCUT2D eigenvalue weighted by Gasteiger charge is 2.22. The molecule has 0 saturated heterocycles. The Kier molecular flexibility index (Phi) is 10.2. The minimum atomic E-state index is -3.60. The molecule has 0 saturated carbocycles. The lowest BCUT2D eigenvalue weighted by atomic mass is 10.0. The van der Waals surface area contributed by atoms with Gasteiger partial charge in [0.15, 0.2) is 11.5 Å². The smallest absolute Gasteiger partial charge is 0.274 e. The van der Waals surface area contributed by atoms with Crippen molar-refractivity contribution in [3.05, 3.63) is 128 Å². The third-order valence-electron chi connectivity index (χ3n) is 7.15. The van der Waals surface area contributed by atoms with Gasteiger partial charge < -0.3 is 11.1 Å². The van der Waals surface area contributed by atoms with Gasteiger partial charge in [0.1, 0.15) is 0 Å². The number of aromatic nitrogens is 4. The number of nitrogen functional groups attached to an aromatic ring is 1. The van der Waals surface area contributed by atoms with E-state index in [4.69, 9.17) is 5.73 Å². The Balaban J connectivity index is 1.54. The number of nitrogens with zero attached hydrogens (tertiary/aromatic N) is 5. The van der Waals surface area contributed by atoms with Crippen molar-refractivity contribution in [3.63, 3.8) is 0 Å². The SMILES string of the molecule is C=N/C=C(\C=C(/C)c1cnc(N)c(C(=O)NC(C)c2cc3cccc(C#Cc4cnc(C)s4)c3c(=O)n2-c2ccccc2)n1)NS(C)(=O)=O. The van der Waals surface area contributed by atoms with Crippen molar-refractivity contribution in [2.75, 3.05) is 12.0 Å². The second-order valence-corrected chi connectivity index (χ2v) is 13.9. The topological polar surface area (TPSA) is 174 Å². The van der Waals surface area contributed by atoms with Crippen LogP contribution in [0.2, 0.25) is 0 Å². The van der Waals surface area contributed by atoms with Crippen molar-refractivity contribution < 1.29 is 13.2 Å². The molecule has 0 aliphatic rings. The molecule has 0 aliphatic carbocycles. The third-order valence-corrected chi connectivity index (χ3v) is 8.58. The number of hydrogen-bond acceptors (Lipinski definition) is 10. The average molecular weight is 693 g/mol. The molecule has 14 heteroatoms. The van der Waals surface area contributed by atoms with Crippen LogP contribution < -0.4 is 21.3 Å². The van der Waals surface area contributed by atoms with E-state index in [0.29, 0.717) is 33.3 Å². The molecular formula is C35H32N8O4S2. The zero-order chi connectivity index (χ0) is 35.3. The predicted octanol–water partition coefficient (Wildman–Crippen LogP) is 4.51. The third kappa shape index (κ3) is 8.15. The maximum absolute atomic E-state index is 14.3. The minimum Gasteiger partial charge on any atom is -0.382 e. The Morgan fingerprint density at radius 3 is 2.55 bits per heavy atom. The van der Waals surface area contributed by atoms with Crippen LogP contribution in [-0.2, 0) is 10.0 Å². The van der Waals surface area contributed by atoms with Gasteiger partial charge in [-0.25, -0.2) is 23.4 Å². The Bertz CT molecular complexity index is 2390. The van der Waals surface area contributed by atoms with Gasteiger partial charge in [-0.3, -0.25) is 23.9 Å². The summed E-state index contributed by atoms with van der Waals surface area (Å²) >= 11 is 1.47. The summed E-state index contributed by atoms with van der Waals surface area (Å²) in [7, 11) is -3.60. The number of fused-ring (bicyclic) bond motifs is 1. The van der Waals surface area contributed by atoms with Crippen LogP contribution in [0.25, 0.3) is 22.0 Å². The van der Waals surface area contributed by atoms with Crippen molar-refractivity contribution in [3.8, 4) is 17.5 Å². The summed E-state index contributed by atoms with van der Waals surface area (Å²) in [5, 5.41) is 4.91. The number of carbonyl (C=O) groups is 1. The van der Waals surface area contributed by atoms with E-state index in [1.165, 1.54) is 29.8 Å². The van der Waals surface area contributed by atoms with E-state index < -0.39 is 22.0 Å². The van der Waals surface area contributed by atoms with Crippen molar-refractivity contribution >= 4 is 56.1 Å². The number of para-hydroxylation sites is 1. The molecular weight excluding hydrogens is 661 g/mol. The van der Waals surface area contributed by atoms with Crippen molar-refractivity contribution in [2.45, 2.75) is 26.8 Å². The maximum Gasteiger partial charge on any atom is 0.274 e. The molecule has 248 valence electrons. The second-order valence-electron chi connectivity index (χ2n) is 11.0. The number of aliphatic imine (C=N–C) groups is 1. The first-order valence-corrected chi connectivity index (χ1v) is 17.5. The number of pyridine rings is 1. The maximum atomic E-state index is 14.3. The molecule has 3 aromatic heterocycles. The molecule has 2 aromatic carbocycles. The van der Waals surface area contributed by atoms with Gasteiger partial charge >= 0.3 is 0 Å². The summed E-state index contributed by atoms with van der Waals surface area (Å²) in [5.41, 5.74) is 8.21. The number of rotatable bonds is 9. The summed E-state index contributed by atoms with van der Waals surface area (Å²) in [6.45, 7) is 8.69.